The first kappa shape index (κ1) is 20.2. The topological polar surface area (TPSA) is 79.4 Å². The Bertz CT molecular complexity index is 1220. The average molecular weight is 415 g/mol. The number of ketones is 1. The Morgan fingerprint density at radius 2 is 1.97 bits per heavy atom. The number of anilines is 1. The van der Waals surface area contributed by atoms with Crippen LogP contribution >= 0.6 is 0 Å². The second-order valence-corrected chi connectivity index (χ2v) is 7.08. The number of nitrogens with zero attached hydrogens (tertiary/aromatic N) is 2. The summed E-state index contributed by atoms with van der Waals surface area (Å²) in [5.74, 6) is -1.82. The fourth-order valence-electron chi connectivity index (χ4n) is 3.36. The first-order valence-electron chi connectivity index (χ1n) is 9.55. The van der Waals surface area contributed by atoms with Crippen molar-refractivity contribution in [3.8, 4) is 0 Å². The van der Waals surface area contributed by atoms with Crippen LogP contribution < -0.4 is 10.2 Å². The minimum atomic E-state index is -0.510. The van der Waals surface area contributed by atoms with Crippen LogP contribution in [0.2, 0.25) is 0 Å². The molecule has 0 unspecified atom stereocenters. The Hall–Kier alpha value is -4.13. The number of fused-ring (bicyclic) bond motifs is 1. The van der Waals surface area contributed by atoms with Crippen molar-refractivity contribution >= 4 is 29.4 Å². The van der Waals surface area contributed by atoms with Gasteiger partial charge in [-0.3, -0.25) is 19.4 Å². The molecule has 6 nitrogen and oxygen atoms in total. The summed E-state index contributed by atoms with van der Waals surface area (Å²) in [5, 5.41) is 2.79. The van der Waals surface area contributed by atoms with E-state index in [0.717, 1.165) is 5.56 Å². The van der Waals surface area contributed by atoms with Crippen molar-refractivity contribution in [1.29, 1.82) is 0 Å². The van der Waals surface area contributed by atoms with Gasteiger partial charge in [-0.05, 0) is 53.6 Å². The standard InChI is InChI=1S/C24H18FN3O3/c1-28-21-8-7-17(23(30)27-14-16-5-3-9-26-13-16)12-19(21)22(29)20(24(28)31)11-15-4-2-6-18(25)10-15/h2-13H,14H2,1H3,(H,27,30)/b20-11+. The van der Waals surface area contributed by atoms with Crippen LogP contribution in [-0.4, -0.2) is 29.6 Å². The van der Waals surface area contributed by atoms with Crippen LogP contribution in [0, 0.1) is 5.82 Å². The lowest BCUT2D eigenvalue weighted by atomic mass is 9.92. The number of hydrogen-bond donors (Lipinski definition) is 1. The smallest absolute Gasteiger partial charge is 0.262 e. The highest BCUT2D eigenvalue weighted by atomic mass is 19.1. The van der Waals surface area contributed by atoms with Gasteiger partial charge in [0.05, 0.1) is 11.3 Å². The van der Waals surface area contributed by atoms with E-state index < -0.39 is 17.5 Å². The maximum absolute atomic E-state index is 13.5. The Balaban J connectivity index is 1.63. The number of likely N-dealkylation sites (N-methyl/N-ethyl adjacent to an activating group) is 1. The molecule has 0 atom stereocenters. The van der Waals surface area contributed by atoms with Gasteiger partial charge in [-0.2, -0.15) is 0 Å². The molecule has 1 aliphatic rings. The van der Waals surface area contributed by atoms with Crippen LogP contribution in [-0.2, 0) is 11.3 Å². The van der Waals surface area contributed by atoms with E-state index in [1.54, 1.807) is 43.7 Å². The Labute approximate surface area is 178 Å². The quantitative estimate of drug-likeness (QED) is 0.523. The summed E-state index contributed by atoms with van der Waals surface area (Å²) in [6, 6.07) is 13.9. The molecule has 1 aliphatic heterocycles. The number of nitrogens with one attached hydrogen (secondary N) is 1. The summed E-state index contributed by atoms with van der Waals surface area (Å²) in [5.41, 5.74) is 2.10. The summed E-state index contributed by atoms with van der Waals surface area (Å²) >= 11 is 0. The van der Waals surface area contributed by atoms with Gasteiger partial charge < -0.3 is 10.2 Å². The molecular formula is C24H18FN3O3. The number of hydrogen-bond acceptors (Lipinski definition) is 4. The molecule has 0 spiro atoms. The maximum atomic E-state index is 13.5. The van der Waals surface area contributed by atoms with Gasteiger partial charge in [-0.25, -0.2) is 4.39 Å². The third kappa shape index (κ3) is 4.11. The molecule has 31 heavy (non-hydrogen) atoms. The van der Waals surface area contributed by atoms with Gasteiger partial charge in [0.15, 0.2) is 0 Å². The first-order valence-corrected chi connectivity index (χ1v) is 9.55. The molecule has 7 heteroatoms. The SMILES string of the molecule is CN1C(=O)/C(=C/c2cccc(F)c2)C(=O)c2cc(C(=O)NCc3cccnc3)ccc21. The fourth-order valence-corrected chi connectivity index (χ4v) is 3.36. The molecule has 0 saturated carbocycles. The number of halogens is 1. The minimum Gasteiger partial charge on any atom is -0.348 e. The van der Waals surface area contributed by atoms with Gasteiger partial charge in [0, 0.05) is 37.1 Å². The zero-order valence-electron chi connectivity index (χ0n) is 16.6. The third-order valence-electron chi connectivity index (χ3n) is 4.98. The van der Waals surface area contributed by atoms with Crippen LogP contribution in [0.4, 0.5) is 10.1 Å². The van der Waals surface area contributed by atoms with Crippen molar-refractivity contribution < 1.29 is 18.8 Å². The molecule has 2 heterocycles. The summed E-state index contributed by atoms with van der Waals surface area (Å²) < 4.78 is 13.5. The molecule has 0 saturated heterocycles. The van der Waals surface area contributed by atoms with Crippen molar-refractivity contribution in [3.05, 3.63) is 101 Å². The number of rotatable bonds is 4. The zero-order valence-corrected chi connectivity index (χ0v) is 16.6. The summed E-state index contributed by atoms with van der Waals surface area (Å²) in [4.78, 5) is 43.7. The molecule has 1 aromatic heterocycles. The number of carbonyl (C=O) groups excluding carboxylic acids is 3. The molecule has 3 aromatic rings. The highest BCUT2D eigenvalue weighted by Gasteiger charge is 2.33. The van der Waals surface area contributed by atoms with E-state index in [9.17, 15) is 18.8 Å². The second-order valence-electron chi connectivity index (χ2n) is 7.08. The molecule has 4 rings (SSSR count). The van der Waals surface area contributed by atoms with Gasteiger partial charge in [0.1, 0.15) is 5.82 Å². The van der Waals surface area contributed by atoms with E-state index in [-0.39, 0.29) is 17.0 Å². The second kappa shape index (κ2) is 8.31. The van der Waals surface area contributed by atoms with Crippen molar-refractivity contribution in [2.45, 2.75) is 6.54 Å². The largest absolute Gasteiger partial charge is 0.348 e. The van der Waals surface area contributed by atoms with Gasteiger partial charge in [0.25, 0.3) is 11.8 Å². The van der Waals surface area contributed by atoms with Gasteiger partial charge in [-0.1, -0.05) is 18.2 Å². The first-order chi connectivity index (χ1) is 14.9. The Morgan fingerprint density at radius 1 is 1.13 bits per heavy atom. The highest BCUT2D eigenvalue weighted by Crippen LogP contribution is 2.31. The predicted molar refractivity (Wildman–Crippen MR) is 114 cm³/mol. The van der Waals surface area contributed by atoms with Crippen LogP contribution in [0.5, 0.6) is 0 Å². The summed E-state index contributed by atoms with van der Waals surface area (Å²) in [7, 11) is 1.55. The van der Waals surface area contributed by atoms with Crippen LogP contribution in [0.1, 0.15) is 31.8 Å². The molecular weight excluding hydrogens is 397 g/mol. The number of pyridine rings is 1. The minimum absolute atomic E-state index is 0.0893. The molecule has 2 amide bonds. The summed E-state index contributed by atoms with van der Waals surface area (Å²) in [6.07, 6.45) is 4.66. The molecule has 2 aromatic carbocycles. The van der Waals surface area contributed by atoms with Crippen molar-refractivity contribution in [3.63, 3.8) is 0 Å². The van der Waals surface area contributed by atoms with Gasteiger partial charge >= 0.3 is 0 Å². The van der Waals surface area contributed by atoms with Crippen molar-refractivity contribution in [1.82, 2.24) is 10.3 Å². The van der Waals surface area contributed by atoms with E-state index in [4.69, 9.17) is 0 Å². The molecule has 0 fully saturated rings. The van der Waals surface area contributed by atoms with Gasteiger partial charge in [0.2, 0.25) is 5.78 Å². The monoisotopic (exact) mass is 415 g/mol. The number of Topliss-reactive ketones (excluding diaryl/α,β-unsaturated/α-hetero) is 1. The third-order valence-corrected chi connectivity index (χ3v) is 4.98. The Kier molecular flexibility index (Phi) is 5.41. The Morgan fingerprint density at radius 3 is 2.71 bits per heavy atom. The normalized spacial score (nSPS) is 14.5. The number of amides is 2. The lowest BCUT2D eigenvalue weighted by molar-refractivity contribution is -0.114. The molecule has 1 N–H and O–H groups in total. The van der Waals surface area contributed by atoms with E-state index in [2.05, 4.69) is 10.3 Å². The van der Waals surface area contributed by atoms with Crippen LogP contribution in [0.15, 0.2) is 72.6 Å². The molecule has 154 valence electrons. The predicted octanol–water partition coefficient (Wildman–Crippen LogP) is 3.39. The number of carbonyl (C=O) groups is 3. The van der Waals surface area contributed by atoms with E-state index in [1.165, 1.54) is 35.2 Å². The van der Waals surface area contributed by atoms with Crippen LogP contribution in [0.25, 0.3) is 6.08 Å². The number of benzene rings is 2. The highest BCUT2D eigenvalue weighted by molar-refractivity contribution is 6.36. The van der Waals surface area contributed by atoms with E-state index >= 15 is 0 Å². The van der Waals surface area contributed by atoms with E-state index in [0.29, 0.717) is 23.4 Å². The molecule has 0 radical (unpaired) electrons. The lowest BCUT2D eigenvalue weighted by Gasteiger charge is -2.27. The molecule has 0 aliphatic carbocycles. The van der Waals surface area contributed by atoms with Crippen LogP contribution in [0.3, 0.4) is 0 Å². The molecule has 0 bridgehead atoms. The zero-order chi connectivity index (χ0) is 22.0. The fraction of sp³-hybridized carbons (Fsp3) is 0.0833. The number of aromatic nitrogens is 1. The maximum Gasteiger partial charge on any atom is 0.262 e. The van der Waals surface area contributed by atoms with Crippen molar-refractivity contribution in [2.75, 3.05) is 11.9 Å². The lowest BCUT2D eigenvalue weighted by Crippen LogP contribution is -2.37. The van der Waals surface area contributed by atoms with E-state index in [1.807, 2.05) is 6.07 Å². The van der Waals surface area contributed by atoms with Gasteiger partial charge in [-0.15, -0.1) is 0 Å². The average Bonchev–Trinajstić information content (AvgIpc) is 2.79. The van der Waals surface area contributed by atoms with Crippen molar-refractivity contribution in [2.24, 2.45) is 0 Å². The summed E-state index contributed by atoms with van der Waals surface area (Å²) in [6.45, 7) is 0.292.